The molecule has 0 aliphatic heterocycles. The first-order chi connectivity index (χ1) is 5.36. The van der Waals surface area contributed by atoms with Crippen LogP contribution in [-0.4, -0.2) is 23.1 Å². The SMILES string of the molecule is [Br-].[Mg+2].[O-]c1ccc2ccccc2c1. The molecule has 0 heterocycles. The predicted octanol–water partition coefficient (Wildman–Crippen LogP) is -1.46. The summed E-state index contributed by atoms with van der Waals surface area (Å²) in [6, 6.07) is 12.9. The summed E-state index contributed by atoms with van der Waals surface area (Å²) in [5, 5.41) is 13.0. The zero-order chi connectivity index (χ0) is 7.68. The fourth-order valence-corrected chi connectivity index (χ4v) is 1.17. The molecule has 1 nitrogen and oxygen atoms in total. The molecular weight excluding hydrogens is 240 g/mol. The third-order valence-electron chi connectivity index (χ3n) is 1.72. The number of hydrogen-bond donors (Lipinski definition) is 0. The van der Waals surface area contributed by atoms with Crippen molar-refractivity contribution in [3.8, 4) is 5.75 Å². The van der Waals surface area contributed by atoms with Crippen LogP contribution in [0.4, 0.5) is 0 Å². The number of fused-ring (bicyclic) bond motifs is 1. The Balaban J connectivity index is 0.000000720. The van der Waals surface area contributed by atoms with Gasteiger partial charge < -0.3 is 22.1 Å². The number of benzene rings is 2. The molecule has 0 N–H and O–H groups in total. The van der Waals surface area contributed by atoms with Crippen molar-refractivity contribution >= 4 is 33.8 Å². The van der Waals surface area contributed by atoms with Crippen LogP contribution in [0.1, 0.15) is 0 Å². The van der Waals surface area contributed by atoms with E-state index in [1.807, 2.05) is 30.3 Å². The van der Waals surface area contributed by atoms with Crippen LogP contribution in [0, 0.1) is 0 Å². The molecule has 0 fully saturated rings. The van der Waals surface area contributed by atoms with E-state index >= 15 is 0 Å². The Morgan fingerprint density at radius 1 is 0.846 bits per heavy atom. The second-order valence-electron chi connectivity index (χ2n) is 2.51. The van der Waals surface area contributed by atoms with E-state index in [1.54, 1.807) is 12.1 Å². The number of hydrogen-bond acceptors (Lipinski definition) is 1. The summed E-state index contributed by atoms with van der Waals surface area (Å²) in [5.41, 5.74) is 0. The maximum absolute atomic E-state index is 10.9. The van der Waals surface area contributed by atoms with E-state index in [4.69, 9.17) is 0 Å². The van der Waals surface area contributed by atoms with Gasteiger partial charge in [-0.25, -0.2) is 0 Å². The molecule has 0 spiro atoms. The van der Waals surface area contributed by atoms with Crippen LogP contribution in [0.5, 0.6) is 5.75 Å². The van der Waals surface area contributed by atoms with Gasteiger partial charge in [0.05, 0.1) is 0 Å². The zero-order valence-corrected chi connectivity index (χ0v) is 10.0. The molecule has 0 aliphatic rings. The second kappa shape index (κ2) is 5.47. The smallest absolute Gasteiger partial charge is 1.00 e. The van der Waals surface area contributed by atoms with E-state index in [9.17, 15) is 5.11 Å². The van der Waals surface area contributed by atoms with Crippen LogP contribution in [0.15, 0.2) is 42.5 Å². The summed E-state index contributed by atoms with van der Waals surface area (Å²) in [5.74, 6) is 0.0729. The predicted molar refractivity (Wildman–Crippen MR) is 49.1 cm³/mol. The first-order valence-corrected chi connectivity index (χ1v) is 3.52. The van der Waals surface area contributed by atoms with Gasteiger partial charge in [0.25, 0.3) is 0 Å². The van der Waals surface area contributed by atoms with Crippen LogP contribution in [0.25, 0.3) is 10.8 Å². The van der Waals surface area contributed by atoms with E-state index in [2.05, 4.69) is 0 Å². The Morgan fingerprint density at radius 2 is 1.46 bits per heavy atom. The second-order valence-corrected chi connectivity index (χ2v) is 2.51. The summed E-state index contributed by atoms with van der Waals surface area (Å²) < 4.78 is 0. The van der Waals surface area contributed by atoms with Gasteiger partial charge in [-0.3, -0.25) is 0 Å². The van der Waals surface area contributed by atoms with Gasteiger partial charge in [0.15, 0.2) is 0 Å². The molecule has 0 unspecified atom stereocenters. The van der Waals surface area contributed by atoms with Gasteiger partial charge in [-0.15, -0.1) is 5.75 Å². The normalized spacial score (nSPS) is 8.62. The largest absolute Gasteiger partial charge is 2.00 e. The van der Waals surface area contributed by atoms with Crippen molar-refractivity contribution in [2.75, 3.05) is 0 Å². The molecule has 0 aromatic heterocycles. The minimum Gasteiger partial charge on any atom is -1.00 e. The van der Waals surface area contributed by atoms with Crippen molar-refractivity contribution in [2.45, 2.75) is 0 Å². The van der Waals surface area contributed by atoms with Gasteiger partial charge in [-0.05, 0) is 10.8 Å². The average molecular weight is 247 g/mol. The maximum atomic E-state index is 10.9. The molecule has 13 heavy (non-hydrogen) atoms. The fourth-order valence-electron chi connectivity index (χ4n) is 1.17. The van der Waals surface area contributed by atoms with Gasteiger partial charge in [0.1, 0.15) is 0 Å². The molecule has 62 valence electrons. The minimum atomic E-state index is 0. The molecule has 0 saturated heterocycles. The van der Waals surface area contributed by atoms with E-state index < -0.39 is 0 Å². The molecule has 0 bridgehead atoms. The van der Waals surface area contributed by atoms with Crippen molar-refractivity contribution in [1.29, 1.82) is 0 Å². The van der Waals surface area contributed by atoms with Crippen molar-refractivity contribution in [1.82, 2.24) is 0 Å². The van der Waals surface area contributed by atoms with Gasteiger partial charge in [-0.2, -0.15) is 0 Å². The standard InChI is InChI=1S/C10H8O.BrH.Mg/c11-10-6-5-8-3-1-2-4-9(8)7-10;;/h1-7,11H;1H;/q;;+2/p-2. The molecule has 0 radical (unpaired) electrons. The molecule has 0 aliphatic carbocycles. The first kappa shape index (κ1) is 12.7. The van der Waals surface area contributed by atoms with Crippen LogP contribution in [0.2, 0.25) is 0 Å². The van der Waals surface area contributed by atoms with Gasteiger partial charge in [-0.1, -0.05) is 42.5 Å². The Kier molecular flexibility index (Phi) is 5.36. The molecular formula is C10H7BrMgO. The number of halogens is 1. The molecule has 2 aromatic rings. The Labute approximate surface area is 104 Å². The zero-order valence-electron chi connectivity index (χ0n) is 7.03. The Hall–Kier alpha value is -0.254. The third-order valence-corrected chi connectivity index (χ3v) is 1.72. The Bertz CT molecular complexity index is 389. The molecule has 0 amide bonds. The van der Waals surface area contributed by atoms with E-state index in [-0.39, 0.29) is 45.8 Å². The van der Waals surface area contributed by atoms with Crippen LogP contribution in [0.3, 0.4) is 0 Å². The van der Waals surface area contributed by atoms with Crippen molar-refractivity contribution in [3.63, 3.8) is 0 Å². The summed E-state index contributed by atoms with van der Waals surface area (Å²) >= 11 is 0. The Morgan fingerprint density at radius 3 is 2.15 bits per heavy atom. The van der Waals surface area contributed by atoms with Crippen molar-refractivity contribution in [3.05, 3.63) is 42.5 Å². The quantitative estimate of drug-likeness (QED) is 0.522. The molecule has 3 heteroatoms. The molecule has 0 saturated carbocycles. The van der Waals surface area contributed by atoms with Crippen molar-refractivity contribution < 1.29 is 22.1 Å². The average Bonchev–Trinajstić information content (AvgIpc) is 2.04. The van der Waals surface area contributed by atoms with Crippen LogP contribution in [-0.2, 0) is 0 Å². The topological polar surface area (TPSA) is 23.1 Å². The summed E-state index contributed by atoms with van der Waals surface area (Å²) in [4.78, 5) is 0. The van der Waals surface area contributed by atoms with Crippen LogP contribution >= 0.6 is 0 Å². The van der Waals surface area contributed by atoms with Crippen LogP contribution < -0.4 is 22.1 Å². The van der Waals surface area contributed by atoms with Gasteiger partial charge >= 0.3 is 23.1 Å². The van der Waals surface area contributed by atoms with Crippen molar-refractivity contribution in [2.24, 2.45) is 0 Å². The monoisotopic (exact) mass is 246 g/mol. The van der Waals surface area contributed by atoms with E-state index in [0.29, 0.717) is 0 Å². The maximum Gasteiger partial charge on any atom is 2.00 e. The first-order valence-electron chi connectivity index (χ1n) is 3.52. The summed E-state index contributed by atoms with van der Waals surface area (Å²) in [6.07, 6.45) is 0. The van der Waals surface area contributed by atoms with E-state index in [0.717, 1.165) is 10.8 Å². The minimum absolute atomic E-state index is 0. The summed E-state index contributed by atoms with van der Waals surface area (Å²) in [6.45, 7) is 0. The fraction of sp³-hybridized carbons (Fsp3) is 0. The molecule has 0 atom stereocenters. The van der Waals surface area contributed by atoms with Gasteiger partial charge in [0.2, 0.25) is 0 Å². The molecule has 2 rings (SSSR count). The van der Waals surface area contributed by atoms with Gasteiger partial charge in [0, 0.05) is 0 Å². The number of rotatable bonds is 0. The molecule has 2 aromatic carbocycles. The summed E-state index contributed by atoms with van der Waals surface area (Å²) in [7, 11) is 0. The van der Waals surface area contributed by atoms with E-state index in [1.165, 1.54) is 0 Å². The third kappa shape index (κ3) is 2.86.